The van der Waals surface area contributed by atoms with Crippen molar-refractivity contribution in [2.45, 2.75) is 38.9 Å². The molecule has 2 heteroatoms. The van der Waals surface area contributed by atoms with E-state index in [-0.39, 0.29) is 8.80 Å². The van der Waals surface area contributed by atoms with Crippen LogP contribution in [0, 0.1) is 0 Å². The molecule has 63 valence electrons. The molecule has 0 heterocycles. The first-order valence-corrected chi connectivity index (χ1v) is 6.12. The number of methoxy groups -OCH3 is 1. The lowest BCUT2D eigenvalue weighted by Gasteiger charge is -2.02. The van der Waals surface area contributed by atoms with E-state index in [9.17, 15) is 0 Å². The molecule has 0 spiro atoms. The van der Waals surface area contributed by atoms with Gasteiger partial charge in [0.15, 0.2) is 0 Å². The van der Waals surface area contributed by atoms with Crippen LogP contribution in [0.15, 0.2) is 0 Å². The van der Waals surface area contributed by atoms with Gasteiger partial charge in [0.1, 0.15) is 0 Å². The van der Waals surface area contributed by atoms with Crippen LogP contribution in [-0.4, -0.2) is 23.0 Å². The van der Waals surface area contributed by atoms with Crippen molar-refractivity contribution in [3.05, 3.63) is 0 Å². The van der Waals surface area contributed by atoms with Crippen LogP contribution < -0.4 is 0 Å². The summed E-state index contributed by atoms with van der Waals surface area (Å²) in [6.07, 6.45) is 0. The maximum absolute atomic E-state index is 4.25. The van der Waals surface area contributed by atoms with Crippen molar-refractivity contribution in [1.29, 1.82) is 0 Å². The van der Waals surface area contributed by atoms with Gasteiger partial charge >= 0.3 is 0 Å². The number of rotatable bonds is 3. The maximum atomic E-state index is 4.25. The molecule has 0 fully saturated rings. The van der Waals surface area contributed by atoms with Crippen LogP contribution in [0.1, 0.15) is 20.8 Å². The van der Waals surface area contributed by atoms with Crippen molar-refractivity contribution in [2.75, 3.05) is 14.2 Å². The summed E-state index contributed by atoms with van der Waals surface area (Å²) in [5.74, 6) is 0. The van der Waals surface area contributed by atoms with Gasteiger partial charge in [0.05, 0.1) is 0 Å². The minimum absolute atomic E-state index is 0.137. The third kappa shape index (κ3) is 11.0. The zero-order chi connectivity index (χ0) is 8.41. The molecule has 0 bridgehead atoms. The van der Waals surface area contributed by atoms with Crippen LogP contribution in [-0.2, 0) is 4.74 Å². The summed E-state index contributed by atoms with van der Waals surface area (Å²) in [6, 6.07) is 4.37. The summed E-state index contributed by atoms with van der Waals surface area (Å²) in [6.45, 7) is 6.92. The van der Waals surface area contributed by atoms with Gasteiger partial charge in [-0.25, -0.2) is 0 Å². The fourth-order valence-corrected chi connectivity index (χ4v) is 2.25. The van der Waals surface area contributed by atoms with Gasteiger partial charge < -0.3 is 4.74 Å². The van der Waals surface area contributed by atoms with E-state index >= 15 is 0 Å². The Morgan fingerprint density at radius 3 is 1.10 bits per heavy atom. The smallest absolute Gasteiger partial charge is 0.0470 e. The molecule has 0 rings (SSSR count). The van der Waals surface area contributed by atoms with Gasteiger partial charge in [-0.05, 0) is 0 Å². The fourth-order valence-electron chi connectivity index (χ4n) is 0.750. The SMILES string of the molecule is CC[Si](CC)CC.COC. The molecule has 0 aliphatic rings. The molecule has 0 saturated carbocycles. The molecule has 1 nitrogen and oxygen atoms in total. The number of ether oxygens (including phenoxy) is 1. The Bertz CT molecular complexity index is 39.0. The number of hydrogen-bond acceptors (Lipinski definition) is 1. The minimum Gasteiger partial charge on any atom is -0.388 e. The highest BCUT2D eigenvalue weighted by Crippen LogP contribution is 2.01. The largest absolute Gasteiger partial charge is 0.388 e. The van der Waals surface area contributed by atoms with Gasteiger partial charge in [-0.15, -0.1) is 0 Å². The van der Waals surface area contributed by atoms with Crippen LogP contribution >= 0.6 is 0 Å². The van der Waals surface area contributed by atoms with Crippen LogP contribution in [0.4, 0.5) is 0 Å². The Labute approximate surface area is 67.4 Å². The van der Waals surface area contributed by atoms with Gasteiger partial charge in [-0.1, -0.05) is 38.9 Å². The van der Waals surface area contributed by atoms with Gasteiger partial charge in [0.25, 0.3) is 0 Å². The molecule has 0 unspecified atom stereocenters. The summed E-state index contributed by atoms with van der Waals surface area (Å²) in [4.78, 5) is 0. The topological polar surface area (TPSA) is 9.23 Å². The molecule has 0 atom stereocenters. The normalized spacial score (nSPS) is 9.00. The van der Waals surface area contributed by atoms with Crippen LogP contribution in [0.5, 0.6) is 0 Å². The fraction of sp³-hybridized carbons (Fsp3) is 1.00. The van der Waals surface area contributed by atoms with E-state index < -0.39 is 0 Å². The van der Waals surface area contributed by atoms with Crippen LogP contribution in [0.2, 0.25) is 18.1 Å². The molecule has 0 amide bonds. The minimum atomic E-state index is 0.137. The monoisotopic (exact) mass is 161 g/mol. The third-order valence-corrected chi connectivity index (χ3v) is 4.50. The van der Waals surface area contributed by atoms with E-state index in [0.717, 1.165) is 0 Å². The molecule has 0 aromatic heterocycles. The zero-order valence-electron chi connectivity index (χ0n) is 8.03. The second-order valence-electron chi connectivity index (χ2n) is 2.22. The molecule has 0 N–H and O–H groups in total. The first-order valence-electron chi connectivity index (χ1n) is 4.00. The van der Waals surface area contributed by atoms with Crippen molar-refractivity contribution in [3.63, 3.8) is 0 Å². The Hall–Kier alpha value is 0.177. The molecule has 0 saturated heterocycles. The van der Waals surface area contributed by atoms with Crippen molar-refractivity contribution in [3.8, 4) is 0 Å². The van der Waals surface area contributed by atoms with Crippen LogP contribution in [0.3, 0.4) is 0 Å². The standard InChI is InChI=1S/C6H15Si.C2H6O/c1-4-7(5-2)6-3;1-3-2/h4-6H2,1-3H3;1-2H3. The van der Waals surface area contributed by atoms with Crippen LogP contribution in [0.25, 0.3) is 0 Å². The molecular weight excluding hydrogens is 140 g/mol. The van der Waals surface area contributed by atoms with E-state index in [1.807, 2.05) is 0 Å². The second-order valence-corrected chi connectivity index (χ2v) is 5.84. The van der Waals surface area contributed by atoms with E-state index in [4.69, 9.17) is 0 Å². The van der Waals surface area contributed by atoms with E-state index in [2.05, 4.69) is 25.5 Å². The van der Waals surface area contributed by atoms with E-state index in [1.54, 1.807) is 14.2 Å². The quantitative estimate of drug-likeness (QED) is 0.578. The highest BCUT2D eigenvalue weighted by molar-refractivity contribution is 6.58. The van der Waals surface area contributed by atoms with Gasteiger partial charge in [-0.3, -0.25) is 0 Å². The highest BCUT2D eigenvalue weighted by atomic mass is 28.3. The maximum Gasteiger partial charge on any atom is 0.0470 e. The summed E-state index contributed by atoms with van der Waals surface area (Å²) in [5, 5.41) is 0. The molecule has 0 aromatic rings. The Kier molecular flexibility index (Phi) is 15.3. The molecule has 0 aliphatic heterocycles. The van der Waals surface area contributed by atoms with Gasteiger partial charge in [0, 0.05) is 23.0 Å². The Balaban J connectivity index is 0. The molecule has 0 aromatic carbocycles. The summed E-state index contributed by atoms with van der Waals surface area (Å²) >= 11 is 0. The lowest BCUT2D eigenvalue weighted by atomic mass is 10.9. The zero-order valence-corrected chi connectivity index (χ0v) is 9.03. The second kappa shape index (κ2) is 11.9. The molecule has 1 radical (unpaired) electrons. The molecular formula is C8H21OSi. The first kappa shape index (κ1) is 12.8. The summed E-state index contributed by atoms with van der Waals surface area (Å²) < 4.78 is 4.25. The molecule has 0 aliphatic carbocycles. The van der Waals surface area contributed by atoms with Crippen molar-refractivity contribution >= 4 is 8.80 Å². The number of hydrogen-bond donors (Lipinski definition) is 0. The van der Waals surface area contributed by atoms with Crippen molar-refractivity contribution in [1.82, 2.24) is 0 Å². The first-order chi connectivity index (χ1) is 4.76. The lowest BCUT2D eigenvalue weighted by molar-refractivity contribution is 0.277. The Morgan fingerprint density at radius 2 is 1.10 bits per heavy atom. The average Bonchev–Trinajstić information content (AvgIpc) is 1.93. The predicted octanol–water partition coefficient (Wildman–Crippen LogP) is 2.80. The Morgan fingerprint density at radius 1 is 0.900 bits per heavy atom. The van der Waals surface area contributed by atoms with Crippen molar-refractivity contribution in [2.24, 2.45) is 0 Å². The van der Waals surface area contributed by atoms with Gasteiger partial charge in [-0.2, -0.15) is 0 Å². The van der Waals surface area contributed by atoms with E-state index in [1.165, 1.54) is 18.1 Å². The van der Waals surface area contributed by atoms with E-state index in [0.29, 0.717) is 0 Å². The summed E-state index contributed by atoms with van der Waals surface area (Å²) in [7, 11) is 3.39. The van der Waals surface area contributed by atoms with Crippen molar-refractivity contribution < 1.29 is 4.74 Å². The lowest BCUT2D eigenvalue weighted by Crippen LogP contribution is -2.04. The molecule has 10 heavy (non-hydrogen) atoms. The average molecular weight is 161 g/mol. The van der Waals surface area contributed by atoms with Gasteiger partial charge in [0.2, 0.25) is 0 Å². The third-order valence-electron chi connectivity index (χ3n) is 1.50. The predicted molar refractivity (Wildman–Crippen MR) is 50.1 cm³/mol. The summed E-state index contributed by atoms with van der Waals surface area (Å²) in [5.41, 5.74) is 0. The highest BCUT2D eigenvalue weighted by Gasteiger charge is 1.98.